The van der Waals surface area contributed by atoms with E-state index in [2.05, 4.69) is 10.6 Å². The van der Waals surface area contributed by atoms with Gasteiger partial charge in [0.2, 0.25) is 0 Å². The molecule has 2 amide bonds. The van der Waals surface area contributed by atoms with Gasteiger partial charge in [0.15, 0.2) is 0 Å². The summed E-state index contributed by atoms with van der Waals surface area (Å²) in [6.45, 7) is 2.48. The van der Waals surface area contributed by atoms with Crippen LogP contribution in [0.1, 0.15) is 5.56 Å². The van der Waals surface area contributed by atoms with Crippen molar-refractivity contribution in [3.63, 3.8) is 0 Å². The van der Waals surface area contributed by atoms with E-state index in [4.69, 9.17) is 4.74 Å². The van der Waals surface area contributed by atoms with E-state index in [1.807, 2.05) is 4.90 Å². The normalized spacial score (nSPS) is 13.9. The Morgan fingerprint density at radius 3 is 2.67 bits per heavy atom. The highest BCUT2D eigenvalue weighted by Crippen LogP contribution is 2.23. The highest BCUT2D eigenvalue weighted by atomic mass is 19.1. The number of morpholine rings is 1. The van der Waals surface area contributed by atoms with E-state index in [1.54, 1.807) is 18.2 Å². The molecule has 2 N–H and O–H groups in total. The van der Waals surface area contributed by atoms with Crippen LogP contribution in [0.15, 0.2) is 42.5 Å². The summed E-state index contributed by atoms with van der Waals surface area (Å²) >= 11 is 0. The summed E-state index contributed by atoms with van der Waals surface area (Å²) in [6.07, 6.45) is 0. The highest BCUT2D eigenvalue weighted by molar-refractivity contribution is 5.91. The molecule has 9 heteroatoms. The third-order valence-electron chi connectivity index (χ3n) is 4.17. The Kier molecular flexibility index (Phi) is 5.82. The van der Waals surface area contributed by atoms with Crippen molar-refractivity contribution in [3.05, 3.63) is 64.0 Å². The van der Waals surface area contributed by atoms with Crippen molar-refractivity contribution < 1.29 is 18.8 Å². The molecule has 2 aromatic rings. The van der Waals surface area contributed by atoms with Crippen LogP contribution in [0.5, 0.6) is 0 Å². The van der Waals surface area contributed by atoms with Crippen molar-refractivity contribution in [3.8, 4) is 0 Å². The monoisotopic (exact) mass is 374 g/mol. The molecule has 0 bridgehead atoms. The molecule has 0 atom stereocenters. The molecule has 3 rings (SSSR count). The van der Waals surface area contributed by atoms with Gasteiger partial charge in [-0.1, -0.05) is 18.2 Å². The minimum Gasteiger partial charge on any atom is -0.378 e. The molecule has 0 spiro atoms. The maximum Gasteiger partial charge on any atom is 0.319 e. The van der Waals surface area contributed by atoms with Crippen molar-refractivity contribution in [2.45, 2.75) is 6.54 Å². The van der Waals surface area contributed by atoms with Crippen LogP contribution in [0, 0.1) is 15.9 Å². The third kappa shape index (κ3) is 4.70. The molecule has 142 valence electrons. The van der Waals surface area contributed by atoms with Gasteiger partial charge in [-0.15, -0.1) is 0 Å². The summed E-state index contributed by atoms with van der Waals surface area (Å²) < 4.78 is 19.6. The topological polar surface area (TPSA) is 96.7 Å². The van der Waals surface area contributed by atoms with E-state index in [1.165, 1.54) is 24.3 Å². The number of anilines is 2. The fourth-order valence-corrected chi connectivity index (χ4v) is 2.81. The number of nitro benzene ring substituents is 1. The second-order valence-electron chi connectivity index (χ2n) is 5.97. The fourth-order valence-electron chi connectivity index (χ4n) is 2.81. The lowest BCUT2D eigenvalue weighted by atomic mass is 10.1. The van der Waals surface area contributed by atoms with Crippen molar-refractivity contribution in [2.24, 2.45) is 0 Å². The Bertz CT molecular complexity index is 840. The molecule has 8 nitrogen and oxygen atoms in total. The van der Waals surface area contributed by atoms with E-state index in [-0.39, 0.29) is 23.7 Å². The number of benzene rings is 2. The molecule has 1 aliphatic heterocycles. The first kappa shape index (κ1) is 18.6. The van der Waals surface area contributed by atoms with Gasteiger partial charge in [-0.25, -0.2) is 9.18 Å². The lowest BCUT2D eigenvalue weighted by Crippen LogP contribution is -2.36. The molecular formula is C18H19FN4O4. The van der Waals surface area contributed by atoms with Gasteiger partial charge in [-0.3, -0.25) is 10.1 Å². The van der Waals surface area contributed by atoms with Gasteiger partial charge in [0.1, 0.15) is 11.5 Å². The Labute approximate surface area is 155 Å². The van der Waals surface area contributed by atoms with E-state index in [0.29, 0.717) is 37.6 Å². The number of para-hydroxylation sites is 2. The van der Waals surface area contributed by atoms with Gasteiger partial charge in [0.25, 0.3) is 5.69 Å². The van der Waals surface area contributed by atoms with Crippen LogP contribution in [-0.4, -0.2) is 37.3 Å². The number of nitrogens with zero attached hydrogens (tertiary/aromatic N) is 2. The van der Waals surface area contributed by atoms with E-state index in [0.717, 1.165) is 0 Å². The van der Waals surface area contributed by atoms with Crippen molar-refractivity contribution in [1.82, 2.24) is 5.32 Å². The first-order valence-electron chi connectivity index (χ1n) is 8.44. The summed E-state index contributed by atoms with van der Waals surface area (Å²) in [7, 11) is 0. The molecule has 0 aliphatic carbocycles. The maximum atomic E-state index is 14.4. The minimum atomic E-state index is -0.609. The third-order valence-corrected chi connectivity index (χ3v) is 4.17. The minimum absolute atomic E-state index is 0.0901. The SMILES string of the molecule is O=C(NCc1ccc(N2CCOCC2)c(F)c1)Nc1ccccc1[N+](=O)[O-]. The predicted molar refractivity (Wildman–Crippen MR) is 98.4 cm³/mol. The number of urea groups is 1. The number of rotatable bonds is 5. The zero-order valence-corrected chi connectivity index (χ0v) is 14.5. The number of carbonyl (C=O) groups excluding carboxylic acids is 1. The second kappa shape index (κ2) is 8.45. The molecule has 1 heterocycles. The Balaban J connectivity index is 1.59. The highest BCUT2D eigenvalue weighted by Gasteiger charge is 2.16. The van der Waals surface area contributed by atoms with Crippen LogP contribution in [0.4, 0.5) is 26.2 Å². The van der Waals surface area contributed by atoms with Crippen LogP contribution >= 0.6 is 0 Å². The number of nitro groups is 1. The Morgan fingerprint density at radius 2 is 1.96 bits per heavy atom. The Hall–Kier alpha value is -3.20. The van der Waals surface area contributed by atoms with Gasteiger partial charge in [-0.2, -0.15) is 0 Å². The van der Waals surface area contributed by atoms with Crippen LogP contribution in [0.25, 0.3) is 0 Å². The average molecular weight is 374 g/mol. The lowest BCUT2D eigenvalue weighted by Gasteiger charge is -2.29. The molecule has 0 saturated carbocycles. The quantitative estimate of drug-likeness (QED) is 0.620. The molecule has 1 saturated heterocycles. The summed E-state index contributed by atoms with van der Waals surface area (Å²) in [5, 5.41) is 16.0. The van der Waals surface area contributed by atoms with Gasteiger partial charge in [-0.05, 0) is 23.8 Å². The van der Waals surface area contributed by atoms with Crippen LogP contribution in [0.2, 0.25) is 0 Å². The number of amides is 2. The number of halogens is 1. The van der Waals surface area contributed by atoms with Gasteiger partial charge in [0.05, 0.1) is 23.8 Å². The van der Waals surface area contributed by atoms with Crippen LogP contribution in [-0.2, 0) is 11.3 Å². The molecule has 0 radical (unpaired) electrons. The largest absolute Gasteiger partial charge is 0.378 e. The molecule has 1 fully saturated rings. The molecule has 0 aromatic heterocycles. The van der Waals surface area contributed by atoms with Crippen molar-refractivity contribution in [1.29, 1.82) is 0 Å². The molecule has 1 aliphatic rings. The first-order valence-corrected chi connectivity index (χ1v) is 8.44. The number of hydrogen-bond donors (Lipinski definition) is 2. The summed E-state index contributed by atoms with van der Waals surface area (Å²) in [5.41, 5.74) is 0.982. The molecular weight excluding hydrogens is 355 g/mol. The zero-order chi connectivity index (χ0) is 19.2. The average Bonchev–Trinajstić information content (AvgIpc) is 2.67. The van der Waals surface area contributed by atoms with E-state index >= 15 is 0 Å². The molecule has 0 unspecified atom stereocenters. The van der Waals surface area contributed by atoms with E-state index in [9.17, 15) is 19.3 Å². The maximum absolute atomic E-state index is 14.4. The van der Waals surface area contributed by atoms with Gasteiger partial charge in [0, 0.05) is 25.7 Å². The Morgan fingerprint density at radius 1 is 1.22 bits per heavy atom. The van der Waals surface area contributed by atoms with Crippen molar-refractivity contribution in [2.75, 3.05) is 36.5 Å². The fraction of sp³-hybridized carbons (Fsp3) is 0.278. The predicted octanol–water partition coefficient (Wildman–Crippen LogP) is 2.89. The smallest absolute Gasteiger partial charge is 0.319 e. The number of ether oxygens (including phenoxy) is 1. The van der Waals surface area contributed by atoms with Crippen LogP contribution < -0.4 is 15.5 Å². The van der Waals surface area contributed by atoms with Gasteiger partial charge < -0.3 is 20.3 Å². The second-order valence-corrected chi connectivity index (χ2v) is 5.97. The number of hydrogen-bond acceptors (Lipinski definition) is 5. The number of nitrogens with one attached hydrogen (secondary N) is 2. The molecule has 2 aromatic carbocycles. The van der Waals surface area contributed by atoms with E-state index < -0.39 is 11.0 Å². The zero-order valence-electron chi connectivity index (χ0n) is 14.5. The summed E-state index contributed by atoms with van der Waals surface area (Å²) in [4.78, 5) is 24.3. The summed E-state index contributed by atoms with van der Waals surface area (Å²) in [5.74, 6) is -0.365. The summed E-state index contributed by atoms with van der Waals surface area (Å²) in [6, 6.07) is 10.0. The molecule has 27 heavy (non-hydrogen) atoms. The standard InChI is InChI=1S/C18H19FN4O4/c19-14-11-13(5-6-16(14)22-7-9-27-10-8-22)12-20-18(24)21-15-3-1-2-4-17(15)23(25)26/h1-6,11H,7-10,12H2,(H2,20,21,24). The first-order chi connectivity index (χ1) is 13.0. The van der Waals surface area contributed by atoms with Crippen molar-refractivity contribution >= 4 is 23.1 Å². The van der Waals surface area contributed by atoms with Crippen LogP contribution in [0.3, 0.4) is 0 Å². The lowest BCUT2D eigenvalue weighted by molar-refractivity contribution is -0.383. The number of carbonyl (C=O) groups is 1. The van der Waals surface area contributed by atoms with Gasteiger partial charge >= 0.3 is 6.03 Å².